The third-order valence-electron chi connectivity index (χ3n) is 4.88. The number of amides is 1. The zero-order chi connectivity index (χ0) is 18.6. The van der Waals surface area contributed by atoms with Crippen molar-refractivity contribution in [1.82, 2.24) is 9.21 Å². The van der Waals surface area contributed by atoms with Gasteiger partial charge in [0.05, 0.1) is 12.0 Å². The van der Waals surface area contributed by atoms with E-state index in [1.54, 1.807) is 32.2 Å². The highest BCUT2D eigenvalue weighted by molar-refractivity contribution is 7.89. The molecule has 140 valence electrons. The first-order valence-corrected chi connectivity index (χ1v) is 10.2. The third kappa shape index (κ3) is 4.15. The van der Waals surface area contributed by atoms with Crippen LogP contribution < -0.4 is 4.74 Å². The average Bonchev–Trinajstić information content (AvgIpc) is 2.62. The fraction of sp³-hybridized carbons (Fsp3) is 0.611. The van der Waals surface area contributed by atoms with Crippen molar-refractivity contribution in [3.8, 4) is 5.75 Å². The minimum Gasteiger partial charge on any atom is -0.497 e. The topological polar surface area (TPSA) is 66.9 Å². The molecule has 0 aliphatic carbocycles. The monoisotopic (exact) mass is 368 g/mol. The quantitative estimate of drug-likeness (QED) is 0.773. The molecule has 0 N–H and O–H groups in total. The molecular formula is C18H28N2O4S. The lowest BCUT2D eigenvalue weighted by molar-refractivity contribution is -0.136. The molecule has 2 rings (SSSR count). The van der Waals surface area contributed by atoms with Gasteiger partial charge in [-0.15, -0.1) is 0 Å². The van der Waals surface area contributed by atoms with Crippen molar-refractivity contribution < 1.29 is 17.9 Å². The molecule has 0 saturated carbocycles. The number of ether oxygens (including phenoxy) is 1. The van der Waals surface area contributed by atoms with Crippen LogP contribution in [-0.4, -0.2) is 56.8 Å². The van der Waals surface area contributed by atoms with Crippen molar-refractivity contribution in [2.75, 3.05) is 33.3 Å². The number of sulfonamides is 1. The lowest BCUT2D eigenvalue weighted by Gasteiger charge is -2.33. The number of carbonyl (C=O) groups excluding carboxylic acids is 1. The van der Waals surface area contributed by atoms with Gasteiger partial charge in [-0.3, -0.25) is 4.79 Å². The van der Waals surface area contributed by atoms with E-state index in [2.05, 4.69) is 0 Å². The molecule has 1 heterocycles. The van der Waals surface area contributed by atoms with Crippen molar-refractivity contribution in [3.05, 3.63) is 23.8 Å². The minimum atomic E-state index is -3.55. The predicted molar refractivity (Wildman–Crippen MR) is 97.1 cm³/mol. The van der Waals surface area contributed by atoms with E-state index >= 15 is 0 Å². The lowest BCUT2D eigenvalue weighted by Crippen LogP contribution is -2.44. The van der Waals surface area contributed by atoms with Crippen LogP contribution >= 0.6 is 0 Å². The number of piperidine rings is 1. The van der Waals surface area contributed by atoms with Gasteiger partial charge in [0.2, 0.25) is 15.9 Å². The van der Waals surface area contributed by atoms with Crippen LogP contribution in [0, 0.1) is 12.8 Å². The number of hydrogen-bond donors (Lipinski definition) is 0. The van der Waals surface area contributed by atoms with Crippen LogP contribution in [-0.2, 0) is 14.8 Å². The second-order valence-corrected chi connectivity index (χ2v) is 8.23. The van der Waals surface area contributed by atoms with Crippen LogP contribution in [0.5, 0.6) is 5.75 Å². The van der Waals surface area contributed by atoms with Gasteiger partial charge in [-0.1, -0.05) is 0 Å². The minimum absolute atomic E-state index is 0.0803. The van der Waals surface area contributed by atoms with Gasteiger partial charge in [0.1, 0.15) is 5.75 Å². The Bertz CT molecular complexity index is 706. The van der Waals surface area contributed by atoms with Gasteiger partial charge in [0, 0.05) is 32.1 Å². The highest BCUT2D eigenvalue weighted by Gasteiger charge is 2.33. The summed E-state index contributed by atoms with van der Waals surface area (Å²) in [5.41, 5.74) is 0.667. The van der Waals surface area contributed by atoms with Crippen LogP contribution in [0.1, 0.15) is 32.3 Å². The van der Waals surface area contributed by atoms with Crippen LogP contribution in [0.15, 0.2) is 23.1 Å². The van der Waals surface area contributed by atoms with E-state index in [9.17, 15) is 13.2 Å². The van der Waals surface area contributed by atoms with E-state index < -0.39 is 10.0 Å². The van der Waals surface area contributed by atoms with E-state index in [1.807, 2.05) is 18.7 Å². The van der Waals surface area contributed by atoms with Gasteiger partial charge in [-0.2, -0.15) is 4.31 Å². The van der Waals surface area contributed by atoms with E-state index in [0.29, 0.717) is 55.2 Å². The first kappa shape index (κ1) is 19.7. The van der Waals surface area contributed by atoms with Crippen LogP contribution in [0.25, 0.3) is 0 Å². The number of aryl methyl sites for hydroxylation is 1. The molecule has 1 aliphatic rings. The lowest BCUT2D eigenvalue weighted by atomic mass is 9.96. The molecule has 1 aliphatic heterocycles. The second kappa shape index (κ2) is 8.19. The number of carbonyl (C=O) groups is 1. The molecule has 0 spiro atoms. The standard InChI is InChI=1S/C18H28N2O4S/c1-5-19(6-2)18(21)15-9-11-20(12-10-15)25(22,23)17-8-7-16(24-4)13-14(17)3/h7-8,13,15H,5-6,9-12H2,1-4H3. The Morgan fingerprint density at radius 1 is 1.24 bits per heavy atom. The van der Waals surface area contributed by atoms with Crippen molar-refractivity contribution in [3.63, 3.8) is 0 Å². The summed E-state index contributed by atoms with van der Waals surface area (Å²) in [7, 11) is -1.99. The zero-order valence-corrected chi connectivity index (χ0v) is 16.3. The highest BCUT2D eigenvalue weighted by Crippen LogP contribution is 2.28. The van der Waals surface area contributed by atoms with Gasteiger partial charge in [-0.25, -0.2) is 8.42 Å². The third-order valence-corrected chi connectivity index (χ3v) is 6.94. The van der Waals surface area contributed by atoms with E-state index in [0.717, 1.165) is 0 Å². The van der Waals surface area contributed by atoms with Gasteiger partial charge >= 0.3 is 0 Å². The van der Waals surface area contributed by atoms with Crippen molar-refractivity contribution in [2.24, 2.45) is 5.92 Å². The predicted octanol–water partition coefficient (Wildman–Crippen LogP) is 2.27. The summed E-state index contributed by atoms with van der Waals surface area (Å²) < 4.78 is 32.5. The van der Waals surface area contributed by atoms with Crippen molar-refractivity contribution in [1.29, 1.82) is 0 Å². The van der Waals surface area contributed by atoms with Crippen LogP contribution in [0.4, 0.5) is 0 Å². The fourth-order valence-electron chi connectivity index (χ4n) is 3.31. The largest absolute Gasteiger partial charge is 0.497 e. The summed E-state index contributed by atoms with van der Waals surface area (Å²) in [4.78, 5) is 14.6. The van der Waals surface area contributed by atoms with Crippen molar-refractivity contribution >= 4 is 15.9 Å². The maximum absolute atomic E-state index is 12.9. The molecule has 6 nitrogen and oxygen atoms in total. The normalized spacial score (nSPS) is 16.6. The molecule has 7 heteroatoms. The first-order valence-electron chi connectivity index (χ1n) is 8.78. The molecule has 0 unspecified atom stereocenters. The van der Waals surface area contributed by atoms with Gasteiger partial charge < -0.3 is 9.64 Å². The number of benzene rings is 1. The summed E-state index contributed by atoms with van der Waals surface area (Å²) in [5.74, 6) is 0.700. The Hall–Kier alpha value is -1.60. The number of hydrogen-bond acceptors (Lipinski definition) is 4. The van der Waals surface area contributed by atoms with E-state index in [4.69, 9.17) is 4.74 Å². The van der Waals surface area contributed by atoms with Gasteiger partial charge in [-0.05, 0) is 57.4 Å². The Morgan fingerprint density at radius 3 is 2.32 bits per heavy atom. The smallest absolute Gasteiger partial charge is 0.243 e. The number of rotatable bonds is 6. The molecule has 1 aromatic rings. The molecule has 0 radical (unpaired) electrons. The summed E-state index contributed by atoms with van der Waals surface area (Å²) in [6.07, 6.45) is 1.15. The van der Waals surface area contributed by atoms with Gasteiger partial charge in [0.25, 0.3) is 0 Å². The molecule has 0 atom stereocenters. The van der Waals surface area contributed by atoms with Crippen molar-refractivity contribution in [2.45, 2.75) is 38.5 Å². The Labute approximate surface area is 150 Å². The Kier molecular flexibility index (Phi) is 6.46. The fourth-order valence-corrected chi connectivity index (χ4v) is 4.99. The molecular weight excluding hydrogens is 340 g/mol. The first-order chi connectivity index (χ1) is 11.8. The zero-order valence-electron chi connectivity index (χ0n) is 15.5. The number of methoxy groups -OCH3 is 1. The van der Waals surface area contributed by atoms with E-state index in [1.165, 1.54) is 4.31 Å². The molecule has 25 heavy (non-hydrogen) atoms. The van der Waals surface area contributed by atoms with Crippen LogP contribution in [0.3, 0.4) is 0 Å². The summed E-state index contributed by atoms with van der Waals surface area (Å²) in [6, 6.07) is 4.98. The van der Waals surface area contributed by atoms with Gasteiger partial charge in [0.15, 0.2) is 0 Å². The molecule has 1 fully saturated rings. The second-order valence-electron chi connectivity index (χ2n) is 6.32. The Balaban J connectivity index is 2.10. The maximum Gasteiger partial charge on any atom is 0.243 e. The average molecular weight is 368 g/mol. The molecule has 0 aromatic heterocycles. The number of nitrogens with zero attached hydrogens (tertiary/aromatic N) is 2. The maximum atomic E-state index is 12.9. The molecule has 1 saturated heterocycles. The highest BCUT2D eigenvalue weighted by atomic mass is 32.2. The van der Waals surface area contributed by atoms with E-state index in [-0.39, 0.29) is 11.8 Å². The summed E-state index contributed by atoms with van der Waals surface area (Å²) in [5, 5.41) is 0. The SMILES string of the molecule is CCN(CC)C(=O)C1CCN(S(=O)(=O)c2ccc(OC)cc2C)CC1. The molecule has 1 aromatic carbocycles. The van der Waals surface area contributed by atoms with Crippen LogP contribution in [0.2, 0.25) is 0 Å². The summed E-state index contributed by atoms with van der Waals surface area (Å²) in [6.45, 7) is 7.85. The summed E-state index contributed by atoms with van der Waals surface area (Å²) >= 11 is 0. The molecule has 0 bridgehead atoms. The molecule has 1 amide bonds. The Morgan fingerprint density at radius 2 is 1.84 bits per heavy atom.